The predicted molar refractivity (Wildman–Crippen MR) is 134 cm³/mol. The summed E-state index contributed by atoms with van der Waals surface area (Å²) >= 11 is 5.53. The van der Waals surface area contributed by atoms with Crippen LogP contribution in [0.4, 0.5) is 5.69 Å². The number of hydrogen-bond acceptors (Lipinski definition) is 5. The topological polar surface area (TPSA) is 59.1 Å². The van der Waals surface area contributed by atoms with Crippen LogP contribution in [-0.2, 0) is 0 Å². The third kappa shape index (κ3) is 3.78. The van der Waals surface area contributed by atoms with Crippen LogP contribution in [0.15, 0.2) is 53.9 Å². The standard InChI is InChI=1S/C21H21IN2OS2Si/c1-2-3-12-28(22,25)21-19(23)18-15(14-8-5-4-6-9-14)13-16(24-20(18)27-21)17-10-7-11-26-17/h4-11,13,25H,2-3,12,23H2,1H3/t28-/m1/s1. The Hall–Kier alpha value is -1.26. The molecule has 7 heteroatoms. The lowest BCUT2D eigenvalue weighted by Gasteiger charge is -2.16. The minimum atomic E-state index is -2.61. The number of halogens is 1. The van der Waals surface area contributed by atoms with Crippen molar-refractivity contribution in [1.29, 1.82) is 0 Å². The minimum absolute atomic E-state index is 0.712. The number of anilines is 1. The molecule has 3 aromatic heterocycles. The maximum absolute atomic E-state index is 11.2. The van der Waals surface area contributed by atoms with E-state index in [0.717, 1.165) is 55.3 Å². The fourth-order valence-corrected chi connectivity index (χ4v) is 10.7. The highest BCUT2D eigenvalue weighted by molar-refractivity contribution is 14.1. The van der Waals surface area contributed by atoms with Crippen molar-refractivity contribution in [3.05, 3.63) is 53.9 Å². The van der Waals surface area contributed by atoms with E-state index in [-0.39, 0.29) is 0 Å². The van der Waals surface area contributed by atoms with Gasteiger partial charge in [-0.15, -0.1) is 22.7 Å². The van der Waals surface area contributed by atoms with Gasteiger partial charge in [-0.1, -0.05) is 78.0 Å². The molecule has 0 aliphatic carbocycles. The Morgan fingerprint density at radius 3 is 2.64 bits per heavy atom. The average molecular weight is 537 g/mol. The van der Waals surface area contributed by atoms with Gasteiger partial charge >= 0.3 is 0 Å². The number of pyridine rings is 1. The van der Waals surface area contributed by atoms with Crippen molar-refractivity contribution in [2.45, 2.75) is 25.8 Å². The summed E-state index contributed by atoms with van der Waals surface area (Å²) in [6, 6.07) is 17.4. The van der Waals surface area contributed by atoms with Crippen molar-refractivity contribution in [2.75, 3.05) is 5.73 Å². The summed E-state index contributed by atoms with van der Waals surface area (Å²) in [5.74, 6) is -2.61. The van der Waals surface area contributed by atoms with Crippen molar-refractivity contribution in [3.63, 3.8) is 0 Å². The molecule has 0 unspecified atom stereocenters. The second-order valence-corrected chi connectivity index (χ2v) is 17.0. The van der Waals surface area contributed by atoms with E-state index < -0.39 is 5.81 Å². The maximum atomic E-state index is 11.2. The van der Waals surface area contributed by atoms with Crippen LogP contribution in [0, 0.1) is 0 Å². The molecule has 3 N–H and O–H groups in total. The van der Waals surface area contributed by atoms with E-state index in [1.807, 2.05) is 24.3 Å². The van der Waals surface area contributed by atoms with Crippen LogP contribution in [0.25, 0.3) is 31.9 Å². The van der Waals surface area contributed by atoms with Crippen molar-refractivity contribution in [2.24, 2.45) is 0 Å². The summed E-state index contributed by atoms with van der Waals surface area (Å²) in [6.45, 7) is 2.15. The minimum Gasteiger partial charge on any atom is -0.419 e. The van der Waals surface area contributed by atoms with Crippen LogP contribution < -0.4 is 10.2 Å². The molecule has 3 heterocycles. The van der Waals surface area contributed by atoms with Crippen LogP contribution in [0.3, 0.4) is 0 Å². The van der Waals surface area contributed by atoms with Gasteiger partial charge in [-0.2, -0.15) is 0 Å². The van der Waals surface area contributed by atoms with Crippen molar-refractivity contribution >= 4 is 70.7 Å². The second kappa shape index (κ2) is 8.23. The lowest BCUT2D eigenvalue weighted by molar-refractivity contribution is 0.575. The Balaban J connectivity index is 1.97. The number of aromatic nitrogens is 1. The molecule has 0 radical (unpaired) electrons. The molecule has 0 aliphatic heterocycles. The van der Waals surface area contributed by atoms with Gasteiger partial charge in [0.1, 0.15) is 4.83 Å². The van der Waals surface area contributed by atoms with E-state index in [4.69, 9.17) is 10.7 Å². The Bertz CT molecular complexity index is 1090. The highest BCUT2D eigenvalue weighted by Crippen LogP contribution is 2.40. The predicted octanol–water partition coefficient (Wildman–Crippen LogP) is 6.15. The molecule has 4 rings (SSSR count). The summed E-state index contributed by atoms with van der Waals surface area (Å²) in [5, 5.41) is 3.05. The van der Waals surface area contributed by atoms with Crippen LogP contribution in [-0.4, -0.2) is 15.6 Å². The first-order valence-corrected chi connectivity index (χ1v) is 16.2. The Morgan fingerprint density at radius 1 is 1.18 bits per heavy atom. The summed E-state index contributed by atoms with van der Waals surface area (Å²) < 4.78 is 0.949. The maximum Gasteiger partial charge on any atom is 0.300 e. The lowest BCUT2D eigenvalue weighted by Crippen LogP contribution is -2.40. The number of fused-ring (bicyclic) bond motifs is 1. The molecule has 4 aromatic rings. The summed E-state index contributed by atoms with van der Waals surface area (Å²) in [4.78, 5) is 18.2. The van der Waals surface area contributed by atoms with Gasteiger partial charge in [0.25, 0.3) is 5.81 Å². The molecular formula is C21H21IN2OS2Si. The quantitative estimate of drug-likeness (QED) is 0.177. The Kier molecular flexibility index (Phi) is 5.89. The molecule has 144 valence electrons. The molecule has 0 fully saturated rings. The third-order valence-corrected chi connectivity index (χ3v) is 14.2. The smallest absolute Gasteiger partial charge is 0.300 e. The van der Waals surface area contributed by atoms with Gasteiger partial charge in [-0.25, -0.2) is 4.98 Å². The first-order valence-electron chi connectivity index (χ1n) is 9.25. The van der Waals surface area contributed by atoms with Gasteiger partial charge < -0.3 is 10.5 Å². The van der Waals surface area contributed by atoms with Crippen LogP contribution in [0.1, 0.15) is 19.8 Å². The number of nitrogens with two attached hydrogens (primary N) is 1. The number of hydrogen-bond donors (Lipinski definition) is 2. The highest BCUT2D eigenvalue weighted by atomic mass is 127. The molecule has 0 bridgehead atoms. The second-order valence-electron chi connectivity index (χ2n) is 6.79. The zero-order valence-corrected chi connectivity index (χ0v) is 20.3. The number of nitrogen functional groups attached to an aromatic ring is 1. The summed E-state index contributed by atoms with van der Waals surface area (Å²) in [6.07, 6.45) is 2.08. The van der Waals surface area contributed by atoms with E-state index in [1.165, 1.54) is 0 Å². The Morgan fingerprint density at radius 2 is 1.96 bits per heavy atom. The number of unbranched alkanes of at least 4 members (excludes halogenated alkanes) is 1. The average Bonchev–Trinajstić information content (AvgIpc) is 3.35. The fourth-order valence-electron chi connectivity index (χ4n) is 3.33. The monoisotopic (exact) mass is 536 g/mol. The van der Waals surface area contributed by atoms with Gasteiger partial charge in [0, 0.05) is 5.39 Å². The fraction of sp³-hybridized carbons (Fsp3) is 0.190. The molecular weight excluding hydrogens is 515 g/mol. The summed E-state index contributed by atoms with van der Waals surface area (Å²) in [7, 11) is 0. The largest absolute Gasteiger partial charge is 0.419 e. The van der Waals surface area contributed by atoms with Gasteiger partial charge in [0.2, 0.25) is 0 Å². The first kappa shape index (κ1) is 20.0. The number of thiophene rings is 2. The van der Waals surface area contributed by atoms with Crippen LogP contribution in [0.2, 0.25) is 6.04 Å². The van der Waals surface area contributed by atoms with Crippen molar-refractivity contribution < 1.29 is 4.80 Å². The zero-order valence-electron chi connectivity index (χ0n) is 15.5. The third-order valence-electron chi connectivity index (χ3n) is 4.77. The van der Waals surface area contributed by atoms with Crippen LogP contribution >= 0.6 is 44.5 Å². The molecule has 0 aliphatic rings. The number of rotatable bonds is 6. The van der Waals surface area contributed by atoms with E-state index in [2.05, 4.69) is 58.4 Å². The van der Waals surface area contributed by atoms with Gasteiger partial charge in [0.15, 0.2) is 0 Å². The SMILES string of the molecule is CCCC[Si@](O)(I)c1sc2nc(-c3cccs3)cc(-c3ccccc3)c2c1N. The van der Waals surface area contributed by atoms with E-state index in [9.17, 15) is 4.80 Å². The van der Waals surface area contributed by atoms with E-state index in [0.29, 0.717) is 5.69 Å². The highest BCUT2D eigenvalue weighted by Gasteiger charge is 2.35. The molecule has 3 nitrogen and oxygen atoms in total. The van der Waals surface area contributed by atoms with Crippen LogP contribution in [0.5, 0.6) is 0 Å². The molecule has 0 saturated carbocycles. The number of nitrogens with zero attached hydrogens (tertiary/aromatic N) is 1. The van der Waals surface area contributed by atoms with E-state index >= 15 is 0 Å². The van der Waals surface area contributed by atoms with Gasteiger partial charge in [0.05, 0.1) is 20.8 Å². The molecule has 1 aromatic carbocycles. The molecule has 1 atom stereocenters. The van der Waals surface area contributed by atoms with E-state index in [1.54, 1.807) is 22.7 Å². The molecule has 0 spiro atoms. The molecule has 0 amide bonds. The lowest BCUT2D eigenvalue weighted by atomic mass is 10.0. The van der Waals surface area contributed by atoms with Gasteiger partial charge in [-0.3, -0.25) is 0 Å². The number of benzene rings is 1. The normalized spacial score (nSPS) is 13.7. The Labute approximate surface area is 186 Å². The zero-order chi connectivity index (χ0) is 19.7. The van der Waals surface area contributed by atoms with Gasteiger partial charge in [-0.05, 0) is 34.7 Å². The molecule has 0 saturated heterocycles. The summed E-state index contributed by atoms with van der Waals surface area (Å²) in [5.41, 5.74) is 10.5. The first-order chi connectivity index (χ1) is 13.5. The van der Waals surface area contributed by atoms with Crippen molar-refractivity contribution in [1.82, 2.24) is 4.98 Å². The van der Waals surface area contributed by atoms with Crippen molar-refractivity contribution in [3.8, 4) is 21.7 Å². The molecule has 28 heavy (non-hydrogen) atoms.